The van der Waals surface area contributed by atoms with Crippen molar-refractivity contribution in [3.8, 4) is 0 Å². The molecule has 1 atom stereocenters. The highest BCUT2D eigenvalue weighted by Crippen LogP contribution is 2.20. The fourth-order valence-corrected chi connectivity index (χ4v) is 3.09. The second-order valence-electron chi connectivity index (χ2n) is 5.90. The second kappa shape index (κ2) is 8.16. The van der Waals surface area contributed by atoms with Crippen molar-refractivity contribution in [1.29, 1.82) is 0 Å². The van der Waals surface area contributed by atoms with E-state index in [4.69, 9.17) is 11.6 Å². The molecule has 0 spiro atoms. The second-order valence-corrected chi connectivity index (χ2v) is 6.31. The molecule has 2 aromatic rings. The smallest absolute Gasteiger partial charge is 0.191 e. The van der Waals surface area contributed by atoms with E-state index in [9.17, 15) is 4.39 Å². The zero-order chi connectivity index (χ0) is 17.6. The van der Waals surface area contributed by atoms with Gasteiger partial charge in [-0.2, -0.15) is 0 Å². The molecule has 1 aliphatic rings. The Hall–Kier alpha value is -2.34. The number of hydrogen-bond acceptors (Lipinski definition) is 3. The normalized spacial score (nSPS) is 17.6. The third kappa shape index (κ3) is 4.39. The molecule has 5 nitrogen and oxygen atoms in total. The number of nitrogens with one attached hydrogen (secondary N) is 2. The predicted octanol–water partition coefficient (Wildman–Crippen LogP) is 2.82. The number of hydrogen-bond donors (Lipinski definition) is 2. The summed E-state index contributed by atoms with van der Waals surface area (Å²) in [5.74, 6) is 0.823. The Morgan fingerprint density at radius 1 is 1.36 bits per heavy atom. The average molecular weight is 362 g/mol. The third-order valence-electron chi connectivity index (χ3n) is 4.20. The summed E-state index contributed by atoms with van der Waals surface area (Å²) in [5.41, 5.74) is 1.01. The number of guanidine groups is 1. The van der Waals surface area contributed by atoms with E-state index in [1.165, 1.54) is 6.07 Å². The lowest BCUT2D eigenvalue weighted by Crippen LogP contribution is -2.44. The lowest BCUT2D eigenvalue weighted by molar-refractivity contribution is 0.612. The van der Waals surface area contributed by atoms with Gasteiger partial charge in [-0.3, -0.25) is 4.99 Å². The van der Waals surface area contributed by atoms with Crippen molar-refractivity contribution >= 4 is 23.4 Å². The van der Waals surface area contributed by atoms with E-state index in [0.717, 1.165) is 23.6 Å². The summed E-state index contributed by atoms with van der Waals surface area (Å²) in [6.45, 7) is 2.03. The minimum atomic E-state index is -0.288. The number of pyridine rings is 1. The number of nitrogens with zero attached hydrogens (tertiary/aromatic N) is 3. The van der Waals surface area contributed by atoms with Crippen molar-refractivity contribution in [1.82, 2.24) is 15.6 Å². The molecule has 132 valence electrons. The number of benzene rings is 1. The van der Waals surface area contributed by atoms with E-state index >= 15 is 0 Å². The number of aliphatic imine (C=N–C) groups is 1. The Kier molecular flexibility index (Phi) is 5.71. The number of rotatable bonds is 4. The van der Waals surface area contributed by atoms with Gasteiger partial charge in [0.1, 0.15) is 0 Å². The maximum Gasteiger partial charge on any atom is 0.191 e. The van der Waals surface area contributed by atoms with Crippen molar-refractivity contribution in [2.24, 2.45) is 4.99 Å². The van der Waals surface area contributed by atoms with Crippen LogP contribution in [0.15, 0.2) is 47.6 Å². The van der Waals surface area contributed by atoms with Crippen LogP contribution in [0.4, 0.5) is 10.2 Å². The van der Waals surface area contributed by atoms with Crippen molar-refractivity contribution in [3.63, 3.8) is 0 Å². The molecule has 1 unspecified atom stereocenters. The van der Waals surface area contributed by atoms with Crippen LogP contribution in [0.25, 0.3) is 0 Å². The van der Waals surface area contributed by atoms with Crippen molar-refractivity contribution < 1.29 is 4.39 Å². The fraction of sp³-hybridized carbons (Fsp3) is 0.333. The van der Waals surface area contributed by atoms with Crippen LogP contribution in [0.5, 0.6) is 0 Å². The Bertz CT molecular complexity index is 752. The molecule has 1 saturated heterocycles. The molecular weight excluding hydrogens is 341 g/mol. The van der Waals surface area contributed by atoms with Crippen molar-refractivity contribution in [3.05, 3.63) is 59.0 Å². The molecule has 0 amide bonds. The number of aromatic nitrogens is 1. The summed E-state index contributed by atoms with van der Waals surface area (Å²) in [6.07, 6.45) is 2.51. The molecule has 7 heteroatoms. The zero-order valence-corrected chi connectivity index (χ0v) is 14.8. The summed E-state index contributed by atoms with van der Waals surface area (Å²) in [7, 11) is 1.73. The number of halogens is 2. The molecule has 1 aromatic heterocycles. The average Bonchev–Trinajstić information content (AvgIpc) is 3.08. The molecule has 0 bridgehead atoms. The Morgan fingerprint density at radius 2 is 2.20 bits per heavy atom. The van der Waals surface area contributed by atoms with E-state index < -0.39 is 0 Å². The van der Waals surface area contributed by atoms with E-state index in [1.54, 1.807) is 19.3 Å². The summed E-state index contributed by atoms with van der Waals surface area (Å²) in [4.78, 5) is 10.3. The first-order chi connectivity index (χ1) is 12.2. The molecule has 0 saturated carbocycles. The molecule has 3 rings (SSSR count). The molecule has 0 radical (unpaired) electrons. The van der Waals surface area contributed by atoms with Crippen LogP contribution in [-0.2, 0) is 6.54 Å². The summed E-state index contributed by atoms with van der Waals surface area (Å²) >= 11 is 6.17. The maximum atomic E-state index is 13.9. The van der Waals surface area contributed by atoms with Crippen molar-refractivity contribution in [2.75, 3.05) is 25.0 Å². The van der Waals surface area contributed by atoms with Gasteiger partial charge in [0.15, 0.2) is 17.6 Å². The first-order valence-electron chi connectivity index (χ1n) is 8.23. The van der Waals surface area contributed by atoms with E-state index in [0.29, 0.717) is 24.9 Å². The quantitative estimate of drug-likeness (QED) is 0.649. The standard InChI is InChI=1S/C18H21ClFN5/c1-21-18(23-11-13-5-2-3-6-15(13)19)24-14-8-10-25(12-14)17-16(20)7-4-9-22-17/h2-7,9,14H,8,10-12H2,1H3,(H2,21,23,24). The van der Waals surface area contributed by atoms with Crippen LogP contribution in [0.2, 0.25) is 5.02 Å². The van der Waals surface area contributed by atoms with Gasteiger partial charge in [0, 0.05) is 43.9 Å². The highest BCUT2D eigenvalue weighted by atomic mass is 35.5. The van der Waals surface area contributed by atoms with Gasteiger partial charge < -0.3 is 15.5 Å². The highest BCUT2D eigenvalue weighted by Gasteiger charge is 2.25. The molecule has 2 heterocycles. The van der Waals surface area contributed by atoms with Crippen LogP contribution in [0, 0.1) is 5.82 Å². The topological polar surface area (TPSA) is 52.6 Å². The Labute approximate surface area is 151 Å². The van der Waals surface area contributed by atoms with Crippen LogP contribution in [-0.4, -0.2) is 37.1 Å². The first kappa shape index (κ1) is 17.5. The van der Waals surface area contributed by atoms with Crippen LogP contribution >= 0.6 is 11.6 Å². The Morgan fingerprint density at radius 3 is 2.96 bits per heavy atom. The molecular formula is C18H21ClFN5. The van der Waals surface area contributed by atoms with Gasteiger partial charge in [-0.15, -0.1) is 0 Å². The van der Waals surface area contributed by atoms with Gasteiger partial charge in [-0.1, -0.05) is 29.8 Å². The van der Waals surface area contributed by atoms with Crippen LogP contribution < -0.4 is 15.5 Å². The monoisotopic (exact) mass is 361 g/mol. The van der Waals surface area contributed by atoms with Gasteiger partial charge in [-0.25, -0.2) is 9.37 Å². The molecule has 25 heavy (non-hydrogen) atoms. The summed E-state index contributed by atoms with van der Waals surface area (Å²) in [5, 5.41) is 7.37. The van der Waals surface area contributed by atoms with Gasteiger partial charge in [0.2, 0.25) is 0 Å². The molecule has 1 aliphatic heterocycles. The van der Waals surface area contributed by atoms with E-state index in [1.807, 2.05) is 29.2 Å². The largest absolute Gasteiger partial charge is 0.352 e. The predicted molar refractivity (Wildman–Crippen MR) is 99.6 cm³/mol. The SMILES string of the molecule is CN=C(NCc1ccccc1Cl)NC1CCN(c2ncccc2F)C1. The fourth-order valence-electron chi connectivity index (χ4n) is 2.89. The minimum Gasteiger partial charge on any atom is -0.352 e. The molecule has 1 aromatic carbocycles. The first-order valence-corrected chi connectivity index (χ1v) is 8.61. The lowest BCUT2D eigenvalue weighted by Gasteiger charge is -2.20. The minimum absolute atomic E-state index is 0.179. The van der Waals surface area contributed by atoms with E-state index in [2.05, 4.69) is 20.6 Å². The van der Waals surface area contributed by atoms with Crippen molar-refractivity contribution in [2.45, 2.75) is 19.0 Å². The zero-order valence-electron chi connectivity index (χ0n) is 14.0. The molecule has 0 aliphatic carbocycles. The maximum absolute atomic E-state index is 13.9. The van der Waals surface area contributed by atoms with Crippen LogP contribution in [0.1, 0.15) is 12.0 Å². The van der Waals surface area contributed by atoms with Gasteiger partial charge >= 0.3 is 0 Å². The van der Waals surface area contributed by atoms with Gasteiger partial charge in [-0.05, 0) is 30.2 Å². The number of anilines is 1. The highest BCUT2D eigenvalue weighted by molar-refractivity contribution is 6.31. The van der Waals surface area contributed by atoms with Gasteiger partial charge in [0.05, 0.1) is 0 Å². The van der Waals surface area contributed by atoms with E-state index in [-0.39, 0.29) is 11.9 Å². The Balaban J connectivity index is 1.55. The lowest BCUT2D eigenvalue weighted by atomic mass is 10.2. The summed E-state index contributed by atoms with van der Waals surface area (Å²) in [6, 6.07) is 10.9. The third-order valence-corrected chi connectivity index (χ3v) is 4.56. The van der Waals surface area contributed by atoms with Gasteiger partial charge in [0.25, 0.3) is 0 Å². The molecule has 2 N–H and O–H groups in total. The molecule has 1 fully saturated rings. The summed E-state index contributed by atoms with van der Waals surface area (Å²) < 4.78 is 13.9. The van der Waals surface area contributed by atoms with Crippen LogP contribution in [0.3, 0.4) is 0 Å².